The van der Waals surface area contributed by atoms with Gasteiger partial charge in [-0.05, 0) is 51.1 Å². The van der Waals surface area contributed by atoms with Crippen molar-refractivity contribution in [2.24, 2.45) is 0 Å². The standard InChI is InChI=1S/C19H25NO2.ClH/c1-16-4-8-18(9-5-16)21-14-3-12-20-13-15-22-19-10-6-17(2)7-11-19;/h4-11,20H,3,12-15H2,1-2H3;1H. The number of hydrogen-bond acceptors (Lipinski definition) is 3. The van der Waals surface area contributed by atoms with E-state index in [1.807, 2.05) is 24.3 Å². The maximum absolute atomic E-state index is 5.68. The Bertz CT molecular complexity index is 489. The van der Waals surface area contributed by atoms with Crippen LogP contribution in [0.25, 0.3) is 0 Å². The second kappa shape index (κ2) is 10.9. The fourth-order valence-corrected chi connectivity index (χ4v) is 2.02. The van der Waals surface area contributed by atoms with Gasteiger partial charge in [0, 0.05) is 6.54 Å². The van der Waals surface area contributed by atoms with Gasteiger partial charge in [-0.3, -0.25) is 0 Å². The van der Waals surface area contributed by atoms with E-state index < -0.39 is 0 Å². The fraction of sp³-hybridized carbons (Fsp3) is 0.368. The minimum Gasteiger partial charge on any atom is -0.494 e. The van der Waals surface area contributed by atoms with Crippen molar-refractivity contribution in [2.75, 3.05) is 26.3 Å². The lowest BCUT2D eigenvalue weighted by Crippen LogP contribution is -2.23. The van der Waals surface area contributed by atoms with Crippen LogP contribution in [-0.2, 0) is 0 Å². The Morgan fingerprint density at radius 3 is 1.70 bits per heavy atom. The smallest absolute Gasteiger partial charge is 0.119 e. The number of halogens is 1. The molecule has 0 atom stereocenters. The second-order valence-electron chi connectivity index (χ2n) is 5.43. The van der Waals surface area contributed by atoms with Crippen LogP contribution in [0.5, 0.6) is 11.5 Å². The predicted octanol–water partition coefficient (Wildman–Crippen LogP) is 4.16. The number of rotatable bonds is 9. The highest BCUT2D eigenvalue weighted by molar-refractivity contribution is 5.85. The van der Waals surface area contributed by atoms with Crippen LogP contribution in [0.15, 0.2) is 48.5 Å². The summed E-state index contributed by atoms with van der Waals surface area (Å²) < 4.78 is 11.3. The molecule has 0 amide bonds. The van der Waals surface area contributed by atoms with E-state index >= 15 is 0 Å². The molecule has 3 nitrogen and oxygen atoms in total. The van der Waals surface area contributed by atoms with Crippen molar-refractivity contribution in [3.05, 3.63) is 59.7 Å². The van der Waals surface area contributed by atoms with Crippen molar-refractivity contribution in [1.29, 1.82) is 0 Å². The molecule has 126 valence electrons. The first kappa shape index (κ1) is 19.3. The van der Waals surface area contributed by atoms with Gasteiger partial charge in [0.05, 0.1) is 6.61 Å². The van der Waals surface area contributed by atoms with Crippen LogP contribution in [0.4, 0.5) is 0 Å². The summed E-state index contributed by atoms with van der Waals surface area (Å²) in [6.45, 7) is 7.34. The number of hydrogen-bond donors (Lipinski definition) is 1. The lowest BCUT2D eigenvalue weighted by molar-refractivity contribution is 0.294. The zero-order chi connectivity index (χ0) is 15.6. The topological polar surface area (TPSA) is 30.5 Å². The highest BCUT2D eigenvalue weighted by Gasteiger charge is 1.95. The fourth-order valence-electron chi connectivity index (χ4n) is 2.02. The first-order chi connectivity index (χ1) is 10.7. The van der Waals surface area contributed by atoms with Gasteiger partial charge >= 0.3 is 0 Å². The zero-order valence-electron chi connectivity index (χ0n) is 13.9. The molecule has 0 unspecified atom stereocenters. The van der Waals surface area contributed by atoms with Crippen molar-refractivity contribution in [3.8, 4) is 11.5 Å². The maximum atomic E-state index is 5.68. The van der Waals surface area contributed by atoms with Crippen molar-refractivity contribution in [2.45, 2.75) is 20.3 Å². The van der Waals surface area contributed by atoms with Gasteiger partial charge < -0.3 is 14.8 Å². The normalized spacial score (nSPS) is 10.0. The summed E-state index contributed by atoms with van der Waals surface area (Å²) in [5, 5.41) is 3.36. The Labute approximate surface area is 145 Å². The van der Waals surface area contributed by atoms with Gasteiger partial charge in [-0.2, -0.15) is 0 Å². The first-order valence-corrected chi connectivity index (χ1v) is 7.84. The monoisotopic (exact) mass is 335 g/mol. The lowest BCUT2D eigenvalue weighted by atomic mass is 10.2. The third-order valence-electron chi connectivity index (χ3n) is 3.36. The molecule has 2 rings (SSSR count). The van der Waals surface area contributed by atoms with E-state index in [9.17, 15) is 0 Å². The summed E-state index contributed by atoms with van der Waals surface area (Å²) in [5.41, 5.74) is 2.50. The molecule has 0 bridgehead atoms. The molecule has 0 heterocycles. The van der Waals surface area contributed by atoms with E-state index in [1.165, 1.54) is 11.1 Å². The van der Waals surface area contributed by atoms with Gasteiger partial charge in [0.1, 0.15) is 18.1 Å². The summed E-state index contributed by atoms with van der Waals surface area (Å²) in [5.74, 6) is 1.86. The Kier molecular flexibility index (Phi) is 9.18. The molecule has 0 aromatic heterocycles. The molecular formula is C19H26ClNO2. The highest BCUT2D eigenvalue weighted by Crippen LogP contribution is 2.11. The number of ether oxygens (including phenoxy) is 2. The summed E-state index contributed by atoms with van der Waals surface area (Å²) in [6, 6.07) is 16.3. The second-order valence-corrected chi connectivity index (χ2v) is 5.43. The van der Waals surface area contributed by atoms with Gasteiger partial charge in [0.15, 0.2) is 0 Å². The molecule has 0 aliphatic heterocycles. The van der Waals surface area contributed by atoms with Gasteiger partial charge in [0.2, 0.25) is 0 Å². The zero-order valence-corrected chi connectivity index (χ0v) is 14.7. The largest absolute Gasteiger partial charge is 0.494 e. The third kappa shape index (κ3) is 7.91. The molecule has 0 aliphatic rings. The Morgan fingerprint density at radius 1 is 0.696 bits per heavy atom. The van der Waals surface area contributed by atoms with Crippen molar-refractivity contribution >= 4 is 12.4 Å². The third-order valence-corrected chi connectivity index (χ3v) is 3.36. The Hall–Kier alpha value is -1.71. The van der Waals surface area contributed by atoms with E-state index in [0.717, 1.165) is 37.6 Å². The molecule has 1 N–H and O–H groups in total. The minimum absolute atomic E-state index is 0. The molecule has 23 heavy (non-hydrogen) atoms. The van der Waals surface area contributed by atoms with Crippen molar-refractivity contribution in [3.63, 3.8) is 0 Å². The molecule has 0 aliphatic carbocycles. The number of nitrogens with one attached hydrogen (secondary N) is 1. The minimum atomic E-state index is 0. The van der Waals surface area contributed by atoms with Crippen LogP contribution in [0.2, 0.25) is 0 Å². The average molecular weight is 336 g/mol. The van der Waals surface area contributed by atoms with E-state index in [2.05, 4.69) is 43.4 Å². The molecule has 2 aromatic rings. The summed E-state index contributed by atoms with van der Waals surface area (Å²) >= 11 is 0. The van der Waals surface area contributed by atoms with E-state index in [0.29, 0.717) is 6.61 Å². The predicted molar refractivity (Wildman–Crippen MR) is 98.1 cm³/mol. The SMILES string of the molecule is Cc1ccc(OCCCNCCOc2ccc(C)cc2)cc1.Cl. The molecule has 4 heteroatoms. The van der Waals surface area contributed by atoms with Gasteiger partial charge in [-0.25, -0.2) is 0 Å². The lowest BCUT2D eigenvalue weighted by Gasteiger charge is -2.09. The summed E-state index contributed by atoms with van der Waals surface area (Å²) in [6.07, 6.45) is 0.985. The van der Waals surface area contributed by atoms with E-state index in [1.54, 1.807) is 0 Å². The summed E-state index contributed by atoms with van der Waals surface area (Å²) in [4.78, 5) is 0. The van der Waals surface area contributed by atoms with Gasteiger partial charge in [0.25, 0.3) is 0 Å². The molecule has 0 radical (unpaired) electrons. The highest BCUT2D eigenvalue weighted by atomic mass is 35.5. The average Bonchev–Trinajstić information content (AvgIpc) is 2.53. The quantitative estimate of drug-likeness (QED) is 0.698. The van der Waals surface area contributed by atoms with Gasteiger partial charge in [-0.15, -0.1) is 12.4 Å². The van der Waals surface area contributed by atoms with E-state index in [4.69, 9.17) is 9.47 Å². The molecule has 2 aromatic carbocycles. The van der Waals surface area contributed by atoms with Crippen LogP contribution in [0.1, 0.15) is 17.5 Å². The van der Waals surface area contributed by atoms with Crippen LogP contribution in [0, 0.1) is 13.8 Å². The van der Waals surface area contributed by atoms with Crippen molar-refractivity contribution in [1.82, 2.24) is 5.32 Å². The number of aryl methyl sites for hydroxylation is 2. The Morgan fingerprint density at radius 2 is 1.17 bits per heavy atom. The van der Waals surface area contributed by atoms with Crippen molar-refractivity contribution < 1.29 is 9.47 Å². The van der Waals surface area contributed by atoms with Crippen LogP contribution >= 0.6 is 12.4 Å². The number of benzene rings is 2. The molecule has 0 saturated carbocycles. The molecule has 0 saturated heterocycles. The molecular weight excluding hydrogens is 310 g/mol. The Balaban J connectivity index is 0.00000264. The van der Waals surface area contributed by atoms with Crippen LogP contribution in [0.3, 0.4) is 0 Å². The van der Waals surface area contributed by atoms with E-state index in [-0.39, 0.29) is 12.4 Å². The van der Waals surface area contributed by atoms with Gasteiger partial charge in [-0.1, -0.05) is 35.4 Å². The van der Waals surface area contributed by atoms with Crippen LogP contribution in [-0.4, -0.2) is 26.3 Å². The maximum Gasteiger partial charge on any atom is 0.119 e. The summed E-state index contributed by atoms with van der Waals surface area (Å²) in [7, 11) is 0. The van der Waals surface area contributed by atoms with Crippen LogP contribution < -0.4 is 14.8 Å². The molecule has 0 fully saturated rings. The molecule has 0 spiro atoms. The first-order valence-electron chi connectivity index (χ1n) is 7.84.